The van der Waals surface area contributed by atoms with Gasteiger partial charge in [0.15, 0.2) is 11.2 Å². The Morgan fingerprint density at radius 3 is 3.00 bits per heavy atom. The Kier molecular flexibility index (Phi) is 3.01. The number of hydrogen-bond donors (Lipinski definition) is 1. The van der Waals surface area contributed by atoms with Gasteiger partial charge in [-0.15, -0.1) is 16.4 Å². The highest BCUT2D eigenvalue weighted by atomic mass is 32.1. The smallest absolute Gasteiger partial charge is 0.182 e. The number of hydrogen-bond acceptors (Lipinski definition) is 7. The number of aromatic nitrogens is 6. The van der Waals surface area contributed by atoms with Gasteiger partial charge in [0, 0.05) is 11.9 Å². The highest BCUT2D eigenvalue weighted by Crippen LogP contribution is 2.26. The van der Waals surface area contributed by atoms with Gasteiger partial charge in [0.05, 0.1) is 16.9 Å². The van der Waals surface area contributed by atoms with E-state index in [9.17, 15) is 0 Å². The molecule has 0 aliphatic heterocycles. The molecule has 2 N–H and O–H groups in total. The highest BCUT2D eigenvalue weighted by Gasteiger charge is 2.14. The Labute approximate surface area is 129 Å². The van der Waals surface area contributed by atoms with Crippen molar-refractivity contribution in [2.24, 2.45) is 0 Å². The van der Waals surface area contributed by atoms with Gasteiger partial charge in [-0.2, -0.15) is 0 Å². The molecule has 0 amide bonds. The zero-order valence-corrected chi connectivity index (χ0v) is 12.2. The average Bonchev–Trinajstić information content (AvgIpc) is 3.17. The lowest BCUT2D eigenvalue weighted by Gasteiger charge is -2.03. The van der Waals surface area contributed by atoms with Crippen LogP contribution in [0, 0.1) is 0 Å². The topological polar surface area (TPSA) is 95.4 Å². The van der Waals surface area contributed by atoms with E-state index in [-0.39, 0.29) is 0 Å². The Morgan fingerprint density at radius 2 is 2.18 bits per heavy atom. The predicted octanol–water partition coefficient (Wildman–Crippen LogP) is 1.98. The van der Waals surface area contributed by atoms with Crippen LogP contribution in [0.5, 0.6) is 0 Å². The van der Waals surface area contributed by atoms with E-state index in [2.05, 4.69) is 25.3 Å². The summed E-state index contributed by atoms with van der Waals surface area (Å²) in [7, 11) is 0. The number of nitrogens with two attached hydrogens (primary N) is 1. The van der Waals surface area contributed by atoms with E-state index in [1.165, 1.54) is 17.7 Å². The first-order valence-corrected chi connectivity index (χ1v) is 7.47. The van der Waals surface area contributed by atoms with Gasteiger partial charge in [-0.05, 0) is 17.7 Å². The third-order valence-electron chi connectivity index (χ3n) is 3.25. The Bertz CT molecular complexity index is 929. The molecule has 0 atom stereocenters. The van der Waals surface area contributed by atoms with Gasteiger partial charge in [0.1, 0.15) is 12.0 Å². The van der Waals surface area contributed by atoms with E-state index >= 15 is 0 Å². The SMILES string of the molecule is Nc1cccc(Cn2nnc3c(-c4cncs4)ncnc32)c1. The van der Waals surface area contributed by atoms with Crippen molar-refractivity contribution in [3.8, 4) is 10.6 Å². The van der Waals surface area contributed by atoms with Crippen LogP contribution >= 0.6 is 11.3 Å². The third-order valence-corrected chi connectivity index (χ3v) is 4.03. The van der Waals surface area contributed by atoms with Crippen molar-refractivity contribution < 1.29 is 0 Å². The Hall–Kier alpha value is -2.87. The van der Waals surface area contributed by atoms with Gasteiger partial charge < -0.3 is 5.73 Å². The fourth-order valence-electron chi connectivity index (χ4n) is 2.28. The highest BCUT2D eigenvalue weighted by molar-refractivity contribution is 7.13. The minimum atomic E-state index is 0.556. The minimum Gasteiger partial charge on any atom is -0.399 e. The van der Waals surface area contributed by atoms with E-state index in [0.29, 0.717) is 17.7 Å². The second-order valence-electron chi connectivity index (χ2n) is 4.75. The monoisotopic (exact) mass is 309 g/mol. The molecular weight excluding hydrogens is 298 g/mol. The summed E-state index contributed by atoms with van der Waals surface area (Å²) >= 11 is 1.51. The van der Waals surface area contributed by atoms with Crippen LogP contribution in [0.1, 0.15) is 5.56 Å². The van der Waals surface area contributed by atoms with Gasteiger partial charge in [-0.25, -0.2) is 14.6 Å². The molecular formula is C14H11N7S. The molecule has 0 aliphatic rings. The number of fused-ring (bicyclic) bond motifs is 1. The minimum absolute atomic E-state index is 0.556. The molecule has 1 aromatic carbocycles. The quantitative estimate of drug-likeness (QED) is 0.581. The summed E-state index contributed by atoms with van der Waals surface area (Å²) in [5, 5.41) is 8.43. The van der Waals surface area contributed by atoms with Gasteiger partial charge >= 0.3 is 0 Å². The molecule has 108 valence electrons. The maximum Gasteiger partial charge on any atom is 0.182 e. The number of rotatable bonds is 3. The van der Waals surface area contributed by atoms with E-state index in [1.807, 2.05) is 24.3 Å². The van der Waals surface area contributed by atoms with E-state index in [4.69, 9.17) is 5.73 Å². The lowest BCUT2D eigenvalue weighted by Crippen LogP contribution is -2.03. The number of benzene rings is 1. The second kappa shape index (κ2) is 5.15. The van der Waals surface area contributed by atoms with Crippen LogP contribution in [0.15, 0.2) is 42.3 Å². The summed E-state index contributed by atoms with van der Waals surface area (Å²) in [4.78, 5) is 13.6. The summed E-state index contributed by atoms with van der Waals surface area (Å²) in [6.07, 6.45) is 3.29. The number of nitrogen functional groups attached to an aromatic ring is 1. The van der Waals surface area contributed by atoms with Crippen LogP contribution in [0.4, 0.5) is 5.69 Å². The molecule has 0 aliphatic carbocycles. The maximum atomic E-state index is 5.81. The molecule has 4 rings (SSSR count). The molecule has 3 aromatic heterocycles. The molecule has 22 heavy (non-hydrogen) atoms. The average molecular weight is 309 g/mol. The Morgan fingerprint density at radius 1 is 1.23 bits per heavy atom. The fourth-order valence-corrected chi connectivity index (χ4v) is 2.89. The second-order valence-corrected chi connectivity index (χ2v) is 5.64. The molecule has 7 nitrogen and oxygen atoms in total. The molecule has 0 spiro atoms. The predicted molar refractivity (Wildman–Crippen MR) is 84.2 cm³/mol. The first-order chi connectivity index (χ1) is 10.8. The molecule has 0 saturated carbocycles. The van der Waals surface area contributed by atoms with Crippen molar-refractivity contribution in [3.05, 3.63) is 47.9 Å². The fraction of sp³-hybridized carbons (Fsp3) is 0.0714. The van der Waals surface area contributed by atoms with Crippen molar-refractivity contribution in [3.63, 3.8) is 0 Å². The van der Waals surface area contributed by atoms with Gasteiger partial charge in [0.2, 0.25) is 0 Å². The lowest BCUT2D eigenvalue weighted by atomic mass is 10.2. The molecule has 0 saturated heterocycles. The molecule has 3 heterocycles. The van der Waals surface area contributed by atoms with E-state index in [0.717, 1.165) is 21.8 Å². The zero-order valence-electron chi connectivity index (χ0n) is 11.4. The molecule has 8 heteroatoms. The van der Waals surface area contributed by atoms with Gasteiger partial charge in [-0.3, -0.25) is 4.98 Å². The maximum absolute atomic E-state index is 5.81. The van der Waals surface area contributed by atoms with Crippen LogP contribution in [-0.2, 0) is 6.54 Å². The first-order valence-electron chi connectivity index (χ1n) is 6.59. The molecule has 0 bridgehead atoms. The molecule has 0 fully saturated rings. The number of nitrogens with zero attached hydrogens (tertiary/aromatic N) is 6. The van der Waals surface area contributed by atoms with Gasteiger partial charge in [0.25, 0.3) is 0 Å². The largest absolute Gasteiger partial charge is 0.399 e. The normalized spacial score (nSPS) is 11.1. The van der Waals surface area contributed by atoms with Crippen molar-refractivity contribution in [1.82, 2.24) is 29.9 Å². The summed E-state index contributed by atoms with van der Waals surface area (Å²) < 4.78 is 1.75. The van der Waals surface area contributed by atoms with Crippen LogP contribution in [0.3, 0.4) is 0 Å². The zero-order chi connectivity index (χ0) is 14.9. The van der Waals surface area contributed by atoms with Crippen molar-refractivity contribution >= 4 is 28.2 Å². The van der Waals surface area contributed by atoms with Gasteiger partial charge in [-0.1, -0.05) is 17.3 Å². The summed E-state index contributed by atoms with van der Waals surface area (Å²) in [6.45, 7) is 0.556. The summed E-state index contributed by atoms with van der Waals surface area (Å²) in [5.74, 6) is 0. The number of anilines is 1. The molecule has 0 unspecified atom stereocenters. The van der Waals surface area contributed by atoms with Crippen LogP contribution in [-0.4, -0.2) is 29.9 Å². The van der Waals surface area contributed by atoms with Crippen molar-refractivity contribution in [1.29, 1.82) is 0 Å². The van der Waals surface area contributed by atoms with Crippen LogP contribution in [0.2, 0.25) is 0 Å². The van der Waals surface area contributed by atoms with Crippen molar-refractivity contribution in [2.45, 2.75) is 6.54 Å². The van der Waals surface area contributed by atoms with Crippen molar-refractivity contribution in [2.75, 3.05) is 5.73 Å². The molecule has 4 aromatic rings. The molecule has 0 radical (unpaired) electrons. The third kappa shape index (κ3) is 2.19. The lowest BCUT2D eigenvalue weighted by molar-refractivity contribution is 0.664. The summed E-state index contributed by atoms with van der Waals surface area (Å²) in [5.41, 5.74) is 11.5. The van der Waals surface area contributed by atoms with E-state index < -0.39 is 0 Å². The first kappa shape index (κ1) is 12.8. The number of thiazole rings is 1. The van der Waals surface area contributed by atoms with Crippen LogP contribution < -0.4 is 5.73 Å². The summed E-state index contributed by atoms with van der Waals surface area (Å²) in [6, 6.07) is 7.68. The standard InChI is InChI=1S/C14H11N7S/c15-10-3-1-2-9(4-10)6-21-14-13(19-20-21)12(17-7-18-14)11-5-16-8-22-11/h1-5,7-8H,6,15H2. The van der Waals surface area contributed by atoms with E-state index in [1.54, 1.807) is 16.4 Å². The van der Waals surface area contributed by atoms with Crippen LogP contribution in [0.25, 0.3) is 21.7 Å². The Balaban J connectivity index is 1.79.